The fraction of sp³-hybridized carbons (Fsp3) is 0.208. The SMILES string of the molecule is COc1ccccc1[C@H](C)NC(=O)[C@H]1CN(S(=O)(=O)c2ccccc2)c2cc(Cl)ccc2O1. The quantitative estimate of drug-likeness (QED) is 0.565. The van der Waals surface area contributed by atoms with Crippen molar-refractivity contribution in [2.75, 3.05) is 18.0 Å². The molecule has 0 spiro atoms. The van der Waals surface area contributed by atoms with Crippen molar-refractivity contribution in [1.29, 1.82) is 0 Å². The highest BCUT2D eigenvalue weighted by molar-refractivity contribution is 7.92. The second-order valence-electron chi connectivity index (χ2n) is 7.54. The fourth-order valence-corrected chi connectivity index (χ4v) is 5.37. The van der Waals surface area contributed by atoms with Crippen LogP contribution in [-0.4, -0.2) is 34.1 Å². The second-order valence-corrected chi connectivity index (χ2v) is 9.84. The third kappa shape index (κ3) is 4.62. The molecule has 1 amide bonds. The molecular formula is C24H23ClN2O5S. The van der Waals surface area contributed by atoms with Crippen molar-refractivity contribution in [2.24, 2.45) is 0 Å². The molecule has 3 aromatic rings. The Balaban J connectivity index is 1.64. The lowest BCUT2D eigenvalue weighted by Crippen LogP contribution is -2.51. The minimum atomic E-state index is -3.96. The summed E-state index contributed by atoms with van der Waals surface area (Å²) in [5.74, 6) is 0.459. The van der Waals surface area contributed by atoms with Crippen molar-refractivity contribution in [1.82, 2.24) is 5.32 Å². The van der Waals surface area contributed by atoms with Crippen LogP contribution in [0.4, 0.5) is 5.69 Å². The number of benzene rings is 3. The number of carbonyl (C=O) groups excluding carboxylic acids is 1. The zero-order valence-corrected chi connectivity index (χ0v) is 19.6. The molecule has 1 heterocycles. The summed E-state index contributed by atoms with van der Waals surface area (Å²) >= 11 is 6.13. The van der Waals surface area contributed by atoms with Gasteiger partial charge in [0.2, 0.25) is 0 Å². The van der Waals surface area contributed by atoms with E-state index in [0.717, 1.165) is 5.56 Å². The van der Waals surface area contributed by atoms with E-state index in [1.54, 1.807) is 37.4 Å². The van der Waals surface area contributed by atoms with Gasteiger partial charge in [-0.05, 0) is 43.3 Å². The van der Waals surface area contributed by atoms with Crippen LogP contribution in [-0.2, 0) is 14.8 Å². The van der Waals surface area contributed by atoms with Crippen LogP contribution in [0.2, 0.25) is 5.02 Å². The van der Waals surface area contributed by atoms with Crippen LogP contribution in [0.15, 0.2) is 77.7 Å². The van der Waals surface area contributed by atoms with Gasteiger partial charge < -0.3 is 14.8 Å². The molecule has 0 unspecified atom stereocenters. The Labute approximate surface area is 197 Å². The van der Waals surface area contributed by atoms with Gasteiger partial charge in [-0.25, -0.2) is 8.42 Å². The second kappa shape index (κ2) is 9.33. The monoisotopic (exact) mass is 486 g/mol. The van der Waals surface area contributed by atoms with E-state index in [0.29, 0.717) is 10.8 Å². The third-order valence-corrected chi connectivity index (χ3v) is 7.41. The van der Waals surface area contributed by atoms with Crippen molar-refractivity contribution in [3.05, 3.63) is 83.4 Å². The normalized spacial score (nSPS) is 16.3. The molecule has 0 saturated carbocycles. The molecule has 1 N–H and O–H groups in total. The molecule has 0 fully saturated rings. The Morgan fingerprint density at radius 2 is 1.82 bits per heavy atom. The van der Waals surface area contributed by atoms with Gasteiger partial charge in [-0.1, -0.05) is 48.0 Å². The van der Waals surface area contributed by atoms with Gasteiger partial charge in [-0.3, -0.25) is 9.10 Å². The average Bonchev–Trinajstić information content (AvgIpc) is 2.83. The first-order valence-corrected chi connectivity index (χ1v) is 12.1. The van der Waals surface area contributed by atoms with Crippen molar-refractivity contribution < 1.29 is 22.7 Å². The third-order valence-electron chi connectivity index (χ3n) is 5.38. The molecule has 1 aliphatic heterocycles. The number of nitrogens with one attached hydrogen (secondary N) is 1. The van der Waals surface area contributed by atoms with E-state index in [-0.39, 0.29) is 28.9 Å². The van der Waals surface area contributed by atoms with Crippen LogP contribution in [0.25, 0.3) is 0 Å². The minimum absolute atomic E-state index is 0.111. The molecule has 33 heavy (non-hydrogen) atoms. The van der Waals surface area contributed by atoms with Gasteiger partial charge in [0.25, 0.3) is 15.9 Å². The van der Waals surface area contributed by atoms with Crippen LogP contribution in [0, 0.1) is 0 Å². The lowest BCUT2D eigenvalue weighted by atomic mass is 10.1. The number of hydrogen-bond acceptors (Lipinski definition) is 5. The number of halogens is 1. The molecule has 3 aromatic carbocycles. The van der Waals surface area contributed by atoms with Crippen molar-refractivity contribution in [2.45, 2.75) is 24.0 Å². The van der Waals surface area contributed by atoms with Gasteiger partial charge in [0.05, 0.1) is 30.3 Å². The number of carbonyl (C=O) groups is 1. The molecule has 7 nitrogen and oxygen atoms in total. The van der Waals surface area contributed by atoms with Gasteiger partial charge in [0.1, 0.15) is 11.5 Å². The molecular weight excluding hydrogens is 464 g/mol. The van der Waals surface area contributed by atoms with Gasteiger partial charge >= 0.3 is 0 Å². The predicted octanol–water partition coefficient (Wildman–Crippen LogP) is 4.18. The van der Waals surface area contributed by atoms with E-state index in [9.17, 15) is 13.2 Å². The van der Waals surface area contributed by atoms with Crippen molar-refractivity contribution in [3.8, 4) is 11.5 Å². The standard InChI is InChI=1S/C24H23ClN2O5S/c1-16(19-10-6-7-11-21(19)31-2)26-24(28)23-15-27(20-14-17(25)12-13-22(20)32-23)33(29,30)18-8-4-3-5-9-18/h3-14,16,23H,15H2,1-2H3,(H,26,28)/t16-,23+/m0/s1. The van der Waals surface area contributed by atoms with Crippen molar-refractivity contribution >= 4 is 33.2 Å². The highest BCUT2D eigenvalue weighted by atomic mass is 35.5. The highest BCUT2D eigenvalue weighted by Gasteiger charge is 2.38. The molecule has 0 bridgehead atoms. The predicted molar refractivity (Wildman–Crippen MR) is 126 cm³/mol. The number of fused-ring (bicyclic) bond motifs is 1. The maximum atomic E-state index is 13.4. The topological polar surface area (TPSA) is 84.9 Å². The summed E-state index contributed by atoms with van der Waals surface area (Å²) in [6.07, 6.45) is -1.06. The molecule has 0 aliphatic carbocycles. The van der Waals surface area contributed by atoms with Gasteiger partial charge in [-0.15, -0.1) is 0 Å². The molecule has 4 rings (SSSR count). The molecule has 0 aromatic heterocycles. The molecule has 9 heteroatoms. The van der Waals surface area contributed by atoms with Crippen LogP contribution in [0.1, 0.15) is 18.5 Å². The molecule has 1 aliphatic rings. The number of para-hydroxylation sites is 1. The average molecular weight is 487 g/mol. The number of anilines is 1. The largest absolute Gasteiger partial charge is 0.496 e. The number of rotatable bonds is 6. The van der Waals surface area contributed by atoms with Crippen LogP contribution < -0.4 is 19.1 Å². The van der Waals surface area contributed by atoms with E-state index < -0.39 is 22.0 Å². The van der Waals surface area contributed by atoms with Gasteiger partial charge in [0.15, 0.2) is 6.10 Å². The first-order valence-electron chi connectivity index (χ1n) is 10.3. The Morgan fingerprint density at radius 3 is 2.55 bits per heavy atom. The highest BCUT2D eigenvalue weighted by Crippen LogP contribution is 2.39. The zero-order valence-electron chi connectivity index (χ0n) is 18.1. The summed E-state index contributed by atoms with van der Waals surface area (Å²) in [6, 6.07) is 19.7. The summed E-state index contributed by atoms with van der Waals surface area (Å²) in [5, 5.41) is 3.26. The summed E-state index contributed by atoms with van der Waals surface area (Å²) in [7, 11) is -2.39. The van der Waals surface area contributed by atoms with E-state index in [4.69, 9.17) is 21.1 Å². The number of ether oxygens (including phenoxy) is 2. The molecule has 0 radical (unpaired) electrons. The maximum Gasteiger partial charge on any atom is 0.264 e. The molecule has 172 valence electrons. The maximum absolute atomic E-state index is 13.4. The van der Waals surface area contributed by atoms with Crippen LogP contribution >= 0.6 is 11.6 Å². The molecule has 0 saturated heterocycles. The van der Waals surface area contributed by atoms with E-state index in [1.807, 2.05) is 31.2 Å². The number of sulfonamides is 1. The van der Waals surface area contributed by atoms with Crippen LogP contribution in [0.5, 0.6) is 11.5 Å². The van der Waals surface area contributed by atoms with Gasteiger partial charge in [-0.2, -0.15) is 0 Å². The Morgan fingerprint density at radius 1 is 1.12 bits per heavy atom. The minimum Gasteiger partial charge on any atom is -0.496 e. The Hall–Kier alpha value is -3.23. The van der Waals surface area contributed by atoms with E-state index in [2.05, 4.69) is 5.32 Å². The van der Waals surface area contributed by atoms with E-state index >= 15 is 0 Å². The molecule has 2 atom stereocenters. The summed E-state index contributed by atoms with van der Waals surface area (Å²) < 4.78 is 39.3. The van der Waals surface area contributed by atoms with E-state index in [1.165, 1.54) is 22.5 Å². The Kier molecular flexibility index (Phi) is 6.49. The summed E-state index contributed by atoms with van der Waals surface area (Å²) in [6.45, 7) is 1.62. The number of nitrogens with zero attached hydrogens (tertiary/aromatic N) is 1. The first-order chi connectivity index (χ1) is 15.8. The summed E-state index contributed by atoms with van der Waals surface area (Å²) in [5.41, 5.74) is 1.08. The van der Waals surface area contributed by atoms with Crippen LogP contribution in [0.3, 0.4) is 0 Å². The number of methoxy groups -OCH3 is 1. The summed E-state index contributed by atoms with van der Waals surface area (Å²) in [4.78, 5) is 13.3. The number of amides is 1. The number of hydrogen-bond donors (Lipinski definition) is 1. The fourth-order valence-electron chi connectivity index (χ4n) is 3.72. The van der Waals surface area contributed by atoms with Gasteiger partial charge in [0, 0.05) is 10.6 Å². The van der Waals surface area contributed by atoms with Crippen molar-refractivity contribution in [3.63, 3.8) is 0 Å². The smallest absolute Gasteiger partial charge is 0.264 e. The zero-order chi connectivity index (χ0) is 23.6. The Bertz CT molecular complexity index is 1270. The lowest BCUT2D eigenvalue weighted by molar-refractivity contribution is -0.128. The first kappa shape index (κ1) is 22.9. The lowest BCUT2D eigenvalue weighted by Gasteiger charge is -2.35.